The van der Waals surface area contributed by atoms with E-state index >= 15 is 0 Å². The van der Waals surface area contributed by atoms with Gasteiger partial charge in [0.05, 0.1) is 12.1 Å². The first-order valence-electron chi connectivity index (χ1n) is 4.60. The summed E-state index contributed by atoms with van der Waals surface area (Å²) in [5.41, 5.74) is 5.59. The van der Waals surface area contributed by atoms with Crippen LogP contribution >= 0.6 is 11.3 Å². The van der Waals surface area contributed by atoms with E-state index in [0.29, 0.717) is 6.42 Å². The summed E-state index contributed by atoms with van der Waals surface area (Å²) in [5.74, 6) is -0.116. The lowest BCUT2D eigenvalue weighted by molar-refractivity contribution is -0.123. The molecule has 78 valence electrons. The van der Waals surface area contributed by atoms with Crippen molar-refractivity contribution in [3.05, 3.63) is 16.6 Å². The summed E-state index contributed by atoms with van der Waals surface area (Å²) in [6.07, 6.45) is 2.37. The van der Waals surface area contributed by atoms with E-state index in [-0.39, 0.29) is 11.9 Å². The number of nitrogens with two attached hydrogens (primary N) is 1. The van der Waals surface area contributed by atoms with Crippen LogP contribution in [0.15, 0.2) is 11.6 Å². The molecule has 0 radical (unpaired) electrons. The van der Waals surface area contributed by atoms with E-state index in [1.807, 2.05) is 19.2 Å². The molecule has 0 saturated heterocycles. The lowest BCUT2D eigenvalue weighted by Gasteiger charge is -2.14. The summed E-state index contributed by atoms with van der Waals surface area (Å²) in [5, 5.41) is 5.61. The van der Waals surface area contributed by atoms with Crippen LogP contribution in [-0.4, -0.2) is 16.9 Å². The minimum absolute atomic E-state index is 0.0555. The zero-order valence-electron chi connectivity index (χ0n) is 8.36. The van der Waals surface area contributed by atoms with Crippen molar-refractivity contribution in [2.75, 3.05) is 0 Å². The van der Waals surface area contributed by atoms with Crippen LogP contribution in [0.1, 0.15) is 31.3 Å². The standard InChI is InChI=1S/C9H15N3OS/c1-3-7(10)8(13)12-6(2)9-11-4-5-14-9/h4-7H,3,10H2,1-2H3,(H,12,13)/t6?,7-/m0/s1. The van der Waals surface area contributed by atoms with Crippen LogP contribution in [0.2, 0.25) is 0 Å². The Hall–Kier alpha value is -0.940. The smallest absolute Gasteiger partial charge is 0.237 e. The molecule has 1 unspecified atom stereocenters. The molecule has 0 fully saturated rings. The minimum atomic E-state index is -0.419. The number of amides is 1. The molecule has 1 aromatic rings. The predicted octanol–water partition coefficient (Wildman–Crippen LogP) is 1.06. The topological polar surface area (TPSA) is 68.0 Å². The molecule has 4 nitrogen and oxygen atoms in total. The summed E-state index contributed by atoms with van der Waals surface area (Å²) < 4.78 is 0. The number of nitrogens with one attached hydrogen (secondary N) is 1. The largest absolute Gasteiger partial charge is 0.346 e. The van der Waals surface area contributed by atoms with Gasteiger partial charge in [-0.15, -0.1) is 11.3 Å². The van der Waals surface area contributed by atoms with Gasteiger partial charge in [0.2, 0.25) is 5.91 Å². The second-order valence-corrected chi connectivity index (χ2v) is 4.04. The van der Waals surface area contributed by atoms with Gasteiger partial charge < -0.3 is 11.1 Å². The van der Waals surface area contributed by atoms with E-state index in [9.17, 15) is 4.79 Å². The molecule has 14 heavy (non-hydrogen) atoms. The quantitative estimate of drug-likeness (QED) is 0.785. The maximum absolute atomic E-state index is 11.4. The molecule has 3 N–H and O–H groups in total. The number of nitrogens with zero attached hydrogens (tertiary/aromatic N) is 1. The summed E-state index contributed by atoms with van der Waals surface area (Å²) in [4.78, 5) is 15.5. The van der Waals surface area contributed by atoms with Crippen LogP contribution in [0.5, 0.6) is 0 Å². The highest BCUT2D eigenvalue weighted by atomic mass is 32.1. The Morgan fingerprint density at radius 1 is 1.79 bits per heavy atom. The molecule has 1 rings (SSSR count). The fourth-order valence-electron chi connectivity index (χ4n) is 1.02. The van der Waals surface area contributed by atoms with Gasteiger partial charge in [-0.1, -0.05) is 6.92 Å². The molecule has 1 heterocycles. The Balaban J connectivity index is 2.49. The second-order valence-electron chi connectivity index (χ2n) is 3.12. The third-order valence-corrected chi connectivity index (χ3v) is 2.92. The first-order valence-corrected chi connectivity index (χ1v) is 5.48. The maximum atomic E-state index is 11.4. The number of thiazole rings is 1. The molecular weight excluding hydrogens is 198 g/mol. The van der Waals surface area contributed by atoms with Crippen molar-refractivity contribution >= 4 is 17.2 Å². The molecule has 1 amide bonds. The minimum Gasteiger partial charge on any atom is -0.346 e. The van der Waals surface area contributed by atoms with Crippen LogP contribution < -0.4 is 11.1 Å². The van der Waals surface area contributed by atoms with Gasteiger partial charge in [0.25, 0.3) is 0 Å². The lowest BCUT2D eigenvalue weighted by atomic mass is 10.2. The normalized spacial score (nSPS) is 14.8. The molecule has 0 spiro atoms. The molecule has 5 heteroatoms. The van der Waals surface area contributed by atoms with Crippen molar-refractivity contribution < 1.29 is 4.79 Å². The van der Waals surface area contributed by atoms with Crippen molar-refractivity contribution in [3.63, 3.8) is 0 Å². The molecular formula is C9H15N3OS. The van der Waals surface area contributed by atoms with Crippen LogP contribution in [-0.2, 0) is 4.79 Å². The van der Waals surface area contributed by atoms with Crippen LogP contribution in [0.4, 0.5) is 0 Å². The third kappa shape index (κ3) is 2.78. The highest BCUT2D eigenvalue weighted by Gasteiger charge is 2.15. The van der Waals surface area contributed by atoms with Crippen molar-refractivity contribution in [1.29, 1.82) is 0 Å². The zero-order chi connectivity index (χ0) is 10.6. The van der Waals surface area contributed by atoms with Crippen molar-refractivity contribution in [2.24, 2.45) is 5.73 Å². The highest BCUT2D eigenvalue weighted by molar-refractivity contribution is 7.09. The third-order valence-electron chi connectivity index (χ3n) is 1.96. The van der Waals surface area contributed by atoms with Crippen LogP contribution in [0.25, 0.3) is 0 Å². The van der Waals surface area contributed by atoms with Crippen molar-refractivity contribution in [3.8, 4) is 0 Å². The average molecular weight is 213 g/mol. The molecule has 0 aromatic carbocycles. The summed E-state index contributed by atoms with van der Waals surface area (Å²) in [6, 6.07) is -0.475. The second kappa shape index (κ2) is 5.07. The lowest BCUT2D eigenvalue weighted by Crippen LogP contribution is -2.41. The molecule has 0 aliphatic rings. The van der Waals surface area contributed by atoms with E-state index in [0.717, 1.165) is 5.01 Å². The number of rotatable bonds is 4. The highest BCUT2D eigenvalue weighted by Crippen LogP contribution is 2.14. The van der Waals surface area contributed by atoms with E-state index in [2.05, 4.69) is 10.3 Å². The van der Waals surface area contributed by atoms with Gasteiger partial charge in [-0.3, -0.25) is 4.79 Å². The van der Waals surface area contributed by atoms with Gasteiger partial charge in [-0.25, -0.2) is 4.98 Å². The Bertz CT molecular complexity index is 286. The fraction of sp³-hybridized carbons (Fsp3) is 0.556. The molecule has 0 aliphatic carbocycles. The summed E-state index contributed by atoms with van der Waals surface area (Å²) in [6.45, 7) is 3.79. The Labute approximate surface area is 87.5 Å². The van der Waals surface area contributed by atoms with Gasteiger partial charge in [-0.05, 0) is 13.3 Å². The number of hydrogen-bond acceptors (Lipinski definition) is 4. The first kappa shape index (κ1) is 11.1. The molecule has 2 atom stereocenters. The van der Waals surface area contributed by atoms with Crippen molar-refractivity contribution in [2.45, 2.75) is 32.4 Å². The van der Waals surface area contributed by atoms with Gasteiger partial charge in [0.15, 0.2) is 0 Å². The van der Waals surface area contributed by atoms with E-state index in [1.165, 1.54) is 11.3 Å². The van der Waals surface area contributed by atoms with Gasteiger partial charge >= 0.3 is 0 Å². The molecule has 0 saturated carbocycles. The van der Waals surface area contributed by atoms with E-state index in [4.69, 9.17) is 5.73 Å². The van der Waals surface area contributed by atoms with Crippen molar-refractivity contribution in [1.82, 2.24) is 10.3 Å². The maximum Gasteiger partial charge on any atom is 0.237 e. The van der Waals surface area contributed by atoms with E-state index in [1.54, 1.807) is 6.20 Å². The van der Waals surface area contributed by atoms with Gasteiger partial charge in [0, 0.05) is 11.6 Å². The Morgan fingerprint density at radius 2 is 2.50 bits per heavy atom. The summed E-state index contributed by atoms with van der Waals surface area (Å²) in [7, 11) is 0. The van der Waals surface area contributed by atoms with E-state index < -0.39 is 6.04 Å². The SMILES string of the molecule is CC[C@H](N)C(=O)NC(C)c1nccs1. The number of carbonyl (C=O) groups excluding carboxylic acids is 1. The molecule has 1 aromatic heterocycles. The zero-order valence-corrected chi connectivity index (χ0v) is 9.17. The number of aromatic nitrogens is 1. The molecule has 0 aliphatic heterocycles. The first-order chi connectivity index (χ1) is 6.65. The predicted molar refractivity (Wildman–Crippen MR) is 56.9 cm³/mol. The Kier molecular flexibility index (Phi) is 4.03. The summed E-state index contributed by atoms with van der Waals surface area (Å²) >= 11 is 1.53. The number of hydrogen-bond donors (Lipinski definition) is 2. The number of carbonyl (C=O) groups is 1. The van der Waals surface area contributed by atoms with Crippen LogP contribution in [0, 0.1) is 0 Å². The van der Waals surface area contributed by atoms with Crippen LogP contribution in [0.3, 0.4) is 0 Å². The fourth-order valence-corrected chi connectivity index (χ4v) is 1.66. The van der Waals surface area contributed by atoms with Gasteiger partial charge in [0.1, 0.15) is 5.01 Å². The monoisotopic (exact) mass is 213 g/mol. The van der Waals surface area contributed by atoms with Gasteiger partial charge in [-0.2, -0.15) is 0 Å². The Morgan fingerprint density at radius 3 is 3.00 bits per heavy atom. The average Bonchev–Trinajstić information content (AvgIpc) is 2.69. The molecule has 0 bridgehead atoms.